The van der Waals surface area contributed by atoms with Crippen LogP contribution in [-0.2, 0) is 14.3 Å². The number of likely N-dealkylation sites (tertiary alicyclic amines) is 1. The number of rotatable bonds is 4. The Bertz CT molecular complexity index is 619. The molecule has 1 aliphatic heterocycles. The zero-order valence-electron chi connectivity index (χ0n) is 14.4. The standard InChI is InChI=1S/C18H24N2O4/c1-12(2)16(21)19-15-6-4-5-14(11-15)17(22)20-9-7-13(8-10-20)18(23)24-3/h4-6,11-13H,7-10H2,1-3H3,(H,19,21). The van der Waals surface area contributed by atoms with Crippen LogP contribution in [0.4, 0.5) is 5.69 Å². The number of ether oxygens (including phenoxy) is 1. The maximum atomic E-state index is 12.6. The Morgan fingerprint density at radius 1 is 1.21 bits per heavy atom. The number of hydrogen-bond donors (Lipinski definition) is 1. The number of amides is 2. The van der Waals surface area contributed by atoms with Crippen LogP contribution in [0.5, 0.6) is 0 Å². The molecule has 1 heterocycles. The van der Waals surface area contributed by atoms with Crippen LogP contribution in [0.25, 0.3) is 0 Å². The van der Waals surface area contributed by atoms with E-state index in [2.05, 4.69) is 5.32 Å². The summed E-state index contributed by atoms with van der Waals surface area (Å²) in [6, 6.07) is 6.94. The predicted molar refractivity (Wildman–Crippen MR) is 90.6 cm³/mol. The van der Waals surface area contributed by atoms with E-state index in [0.717, 1.165) is 0 Å². The van der Waals surface area contributed by atoms with Crippen molar-refractivity contribution in [2.45, 2.75) is 26.7 Å². The third kappa shape index (κ3) is 4.34. The Balaban J connectivity index is 2.00. The molecule has 1 saturated heterocycles. The first-order chi connectivity index (χ1) is 11.4. The van der Waals surface area contributed by atoms with E-state index < -0.39 is 0 Å². The fourth-order valence-electron chi connectivity index (χ4n) is 2.68. The summed E-state index contributed by atoms with van der Waals surface area (Å²) < 4.78 is 4.76. The van der Waals surface area contributed by atoms with Gasteiger partial charge in [-0.2, -0.15) is 0 Å². The van der Waals surface area contributed by atoms with Gasteiger partial charge in [0.25, 0.3) is 5.91 Å². The van der Waals surface area contributed by atoms with Crippen LogP contribution < -0.4 is 5.32 Å². The summed E-state index contributed by atoms with van der Waals surface area (Å²) >= 11 is 0. The van der Waals surface area contributed by atoms with Crippen molar-refractivity contribution < 1.29 is 19.1 Å². The number of anilines is 1. The number of carbonyl (C=O) groups excluding carboxylic acids is 3. The van der Waals surface area contributed by atoms with Gasteiger partial charge in [0.2, 0.25) is 5.91 Å². The molecule has 0 saturated carbocycles. The van der Waals surface area contributed by atoms with Crippen LogP contribution >= 0.6 is 0 Å². The number of hydrogen-bond acceptors (Lipinski definition) is 4. The number of nitrogens with zero attached hydrogens (tertiary/aromatic N) is 1. The topological polar surface area (TPSA) is 75.7 Å². The summed E-state index contributed by atoms with van der Waals surface area (Å²) in [5.74, 6) is -0.629. The second-order valence-corrected chi connectivity index (χ2v) is 6.31. The van der Waals surface area contributed by atoms with E-state index in [-0.39, 0.29) is 29.6 Å². The summed E-state index contributed by atoms with van der Waals surface area (Å²) in [6.07, 6.45) is 1.23. The zero-order chi connectivity index (χ0) is 17.7. The SMILES string of the molecule is COC(=O)C1CCN(C(=O)c2cccc(NC(=O)C(C)C)c2)CC1. The van der Waals surface area contributed by atoms with Crippen molar-refractivity contribution in [1.82, 2.24) is 4.90 Å². The molecular weight excluding hydrogens is 308 g/mol. The second-order valence-electron chi connectivity index (χ2n) is 6.31. The van der Waals surface area contributed by atoms with E-state index in [1.807, 2.05) is 13.8 Å². The van der Waals surface area contributed by atoms with Crippen molar-refractivity contribution >= 4 is 23.5 Å². The molecule has 0 aromatic heterocycles. The molecule has 6 heteroatoms. The molecule has 0 aliphatic carbocycles. The molecule has 1 fully saturated rings. The zero-order valence-corrected chi connectivity index (χ0v) is 14.4. The normalized spacial score (nSPS) is 15.2. The average Bonchev–Trinajstić information content (AvgIpc) is 2.60. The summed E-state index contributed by atoms with van der Waals surface area (Å²) in [5.41, 5.74) is 1.15. The Morgan fingerprint density at radius 2 is 1.88 bits per heavy atom. The Kier molecular flexibility index (Phi) is 5.95. The third-order valence-electron chi connectivity index (χ3n) is 4.22. The number of benzene rings is 1. The second kappa shape index (κ2) is 7.95. The van der Waals surface area contributed by atoms with Crippen molar-refractivity contribution in [3.05, 3.63) is 29.8 Å². The summed E-state index contributed by atoms with van der Waals surface area (Å²) in [5, 5.41) is 2.80. The smallest absolute Gasteiger partial charge is 0.308 e. The van der Waals surface area contributed by atoms with Gasteiger partial charge in [0, 0.05) is 30.3 Å². The molecule has 1 aliphatic rings. The molecule has 0 unspecified atom stereocenters. The van der Waals surface area contributed by atoms with Crippen molar-refractivity contribution in [3.8, 4) is 0 Å². The Labute approximate surface area is 142 Å². The van der Waals surface area contributed by atoms with Crippen molar-refractivity contribution in [2.24, 2.45) is 11.8 Å². The molecule has 0 spiro atoms. The Hall–Kier alpha value is -2.37. The molecule has 2 amide bonds. The monoisotopic (exact) mass is 332 g/mol. The number of esters is 1. The van der Waals surface area contributed by atoms with Gasteiger partial charge in [-0.1, -0.05) is 19.9 Å². The number of carbonyl (C=O) groups is 3. The van der Waals surface area contributed by atoms with Gasteiger partial charge in [-0.05, 0) is 31.0 Å². The highest BCUT2D eigenvalue weighted by Gasteiger charge is 2.28. The molecule has 6 nitrogen and oxygen atoms in total. The number of methoxy groups -OCH3 is 1. The lowest BCUT2D eigenvalue weighted by Crippen LogP contribution is -2.40. The van der Waals surface area contributed by atoms with Crippen LogP contribution in [0.1, 0.15) is 37.0 Å². The molecule has 0 radical (unpaired) electrons. The van der Waals surface area contributed by atoms with Crippen LogP contribution in [-0.4, -0.2) is 42.9 Å². The van der Waals surface area contributed by atoms with Gasteiger partial charge in [0.1, 0.15) is 0 Å². The lowest BCUT2D eigenvalue weighted by Gasteiger charge is -2.30. The lowest BCUT2D eigenvalue weighted by atomic mass is 9.96. The predicted octanol–water partition coefficient (Wildman–Crippen LogP) is 2.31. The molecule has 130 valence electrons. The van der Waals surface area contributed by atoms with Gasteiger partial charge in [-0.15, -0.1) is 0 Å². The summed E-state index contributed by atoms with van der Waals surface area (Å²) in [4.78, 5) is 37.7. The van der Waals surface area contributed by atoms with Crippen molar-refractivity contribution in [3.63, 3.8) is 0 Å². The van der Waals surface area contributed by atoms with E-state index in [1.54, 1.807) is 29.2 Å². The van der Waals surface area contributed by atoms with E-state index >= 15 is 0 Å². The van der Waals surface area contributed by atoms with Crippen LogP contribution in [0.2, 0.25) is 0 Å². The molecule has 0 bridgehead atoms. The summed E-state index contributed by atoms with van der Waals surface area (Å²) in [6.45, 7) is 4.69. The van der Waals surface area contributed by atoms with Gasteiger partial charge < -0.3 is 15.0 Å². The van der Waals surface area contributed by atoms with Crippen LogP contribution in [0.15, 0.2) is 24.3 Å². The fraction of sp³-hybridized carbons (Fsp3) is 0.500. The molecule has 24 heavy (non-hydrogen) atoms. The number of piperidine rings is 1. The van der Waals surface area contributed by atoms with E-state index in [4.69, 9.17) is 4.74 Å². The largest absolute Gasteiger partial charge is 0.469 e. The van der Waals surface area contributed by atoms with Crippen molar-refractivity contribution in [1.29, 1.82) is 0 Å². The summed E-state index contributed by atoms with van der Waals surface area (Å²) in [7, 11) is 1.39. The fourth-order valence-corrected chi connectivity index (χ4v) is 2.68. The number of nitrogens with one attached hydrogen (secondary N) is 1. The minimum absolute atomic E-state index is 0.0843. The Morgan fingerprint density at radius 3 is 2.46 bits per heavy atom. The minimum atomic E-state index is -0.208. The third-order valence-corrected chi connectivity index (χ3v) is 4.22. The highest BCUT2D eigenvalue weighted by atomic mass is 16.5. The first kappa shape index (κ1) is 18.0. The van der Waals surface area contributed by atoms with Crippen LogP contribution in [0.3, 0.4) is 0 Å². The average molecular weight is 332 g/mol. The lowest BCUT2D eigenvalue weighted by molar-refractivity contribution is -0.146. The van der Waals surface area contributed by atoms with Gasteiger partial charge in [-0.25, -0.2) is 0 Å². The minimum Gasteiger partial charge on any atom is -0.469 e. The molecular formula is C18H24N2O4. The highest BCUT2D eigenvalue weighted by molar-refractivity contribution is 5.97. The maximum absolute atomic E-state index is 12.6. The highest BCUT2D eigenvalue weighted by Crippen LogP contribution is 2.21. The van der Waals surface area contributed by atoms with E-state index in [0.29, 0.717) is 37.2 Å². The van der Waals surface area contributed by atoms with E-state index in [9.17, 15) is 14.4 Å². The first-order valence-corrected chi connectivity index (χ1v) is 8.20. The molecule has 1 N–H and O–H groups in total. The molecule has 2 rings (SSSR count). The quantitative estimate of drug-likeness (QED) is 0.859. The van der Waals surface area contributed by atoms with Gasteiger partial charge >= 0.3 is 5.97 Å². The molecule has 1 aromatic carbocycles. The molecule has 0 atom stereocenters. The van der Waals surface area contributed by atoms with Gasteiger partial charge in [-0.3, -0.25) is 14.4 Å². The first-order valence-electron chi connectivity index (χ1n) is 8.20. The van der Waals surface area contributed by atoms with Crippen LogP contribution in [0, 0.1) is 11.8 Å². The van der Waals surface area contributed by atoms with E-state index in [1.165, 1.54) is 7.11 Å². The maximum Gasteiger partial charge on any atom is 0.308 e. The van der Waals surface area contributed by atoms with Gasteiger partial charge in [0.05, 0.1) is 13.0 Å². The molecule has 1 aromatic rings. The van der Waals surface area contributed by atoms with Gasteiger partial charge in [0.15, 0.2) is 0 Å². The van der Waals surface area contributed by atoms with Crippen molar-refractivity contribution in [2.75, 3.05) is 25.5 Å².